The largest absolute Gasteiger partial charge is 0.480 e. The van der Waals surface area contributed by atoms with Crippen LogP contribution in [0.4, 0.5) is 0 Å². The molecule has 2 rings (SSSR count). The number of nitrogens with one attached hydrogen (secondary N) is 3. The highest BCUT2D eigenvalue weighted by Gasteiger charge is 2.38. The van der Waals surface area contributed by atoms with Crippen LogP contribution in [0.25, 0.3) is 0 Å². The second-order valence-electron chi connectivity index (χ2n) is 9.13. The van der Waals surface area contributed by atoms with Crippen molar-refractivity contribution in [2.75, 3.05) is 13.1 Å². The molecule has 35 heavy (non-hydrogen) atoms. The van der Waals surface area contributed by atoms with E-state index >= 15 is 0 Å². The molecule has 0 saturated carbocycles. The van der Waals surface area contributed by atoms with Crippen LogP contribution in [0, 0.1) is 5.92 Å². The van der Waals surface area contributed by atoms with Gasteiger partial charge in [-0.3, -0.25) is 14.4 Å². The molecule has 8 N–H and O–H groups in total. The van der Waals surface area contributed by atoms with Gasteiger partial charge in [-0.25, -0.2) is 9.78 Å². The minimum Gasteiger partial charge on any atom is -0.480 e. The summed E-state index contributed by atoms with van der Waals surface area (Å²) in [4.78, 5) is 59.0. The normalized spacial score (nSPS) is 19.0. The highest BCUT2D eigenvalue weighted by Crippen LogP contribution is 2.20. The van der Waals surface area contributed by atoms with Crippen molar-refractivity contribution in [1.82, 2.24) is 25.5 Å². The van der Waals surface area contributed by atoms with Crippen LogP contribution in [0.2, 0.25) is 0 Å². The molecule has 12 heteroatoms. The maximum atomic E-state index is 13.2. The number of hydrogen-bond donors (Lipinski definition) is 6. The molecule has 2 heterocycles. The third-order valence-corrected chi connectivity index (χ3v) is 6.51. The van der Waals surface area contributed by atoms with Crippen molar-refractivity contribution < 1.29 is 24.3 Å². The summed E-state index contributed by atoms with van der Waals surface area (Å²) in [6, 6.07) is -3.57. The lowest BCUT2D eigenvalue weighted by molar-refractivity contribution is -0.143. The van der Waals surface area contributed by atoms with Gasteiger partial charge in [0.15, 0.2) is 0 Å². The smallest absolute Gasteiger partial charge is 0.326 e. The van der Waals surface area contributed by atoms with Crippen LogP contribution < -0.4 is 22.1 Å². The van der Waals surface area contributed by atoms with Gasteiger partial charge in [-0.15, -0.1) is 0 Å². The quantitative estimate of drug-likeness (QED) is 0.186. The number of carboxylic acid groups (broad SMARTS) is 1. The molecule has 5 unspecified atom stereocenters. The minimum atomic E-state index is -1.20. The number of imidazole rings is 1. The molecule has 1 aliphatic heterocycles. The van der Waals surface area contributed by atoms with Crippen LogP contribution in [0.1, 0.15) is 58.1 Å². The molecule has 1 aliphatic rings. The molecule has 1 saturated heterocycles. The van der Waals surface area contributed by atoms with E-state index in [4.69, 9.17) is 11.5 Å². The van der Waals surface area contributed by atoms with E-state index in [9.17, 15) is 24.3 Å². The molecule has 0 aliphatic carbocycles. The highest BCUT2D eigenvalue weighted by molar-refractivity contribution is 5.94. The Hall–Kier alpha value is -2.99. The molecule has 0 radical (unpaired) electrons. The highest BCUT2D eigenvalue weighted by atomic mass is 16.4. The third kappa shape index (κ3) is 8.03. The van der Waals surface area contributed by atoms with Gasteiger partial charge in [-0.2, -0.15) is 0 Å². The van der Waals surface area contributed by atoms with E-state index < -0.39 is 42.0 Å². The minimum absolute atomic E-state index is 0.0230. The number of hydrogen-bond acceptors (Lipinski definition) is 7. The summed E-state index contributed by atoms with van der Waals surface area (Å²) >= 11 is 0. The number of aliphatic carboxylic acids is 1. The van der Waals surface area contributed by atoms with E-state index in [1.165, 1.54) is 17.4 Å². The molecule has 3 amide bonds. The predicted molar refractivity (Wildman–Crippen MR) is 129 cm³/mol. The zero-order chi connectivity index (χ0) is 26.0. The number of carbonyl (C=O) groups excluding carboxylic acids is 3. The first-order valence-corrected chi connectivity index (χ1v) is 12.3. The summed E-state index contributed by atoms with van der Waals surface area (Å²) in [7, 11) is 0. The number of H-pyrrole nitrogens is 1. The summed E-state index contributed by atoms with van der Waals surface area (Å²) in [5.74, 6) is -2.77. The zero-order valence-electron chi connectivity index (χ0n) is 20.5. The van der Waals surface area contributed by atoms with Crippen molar-refractivity contribution in [2.45, 2.75) is 83.0 Å². The average molecular weight is 494 g/mol. The molecule has 0 aromatic carbocycles. The van der Waals surface area contributed by atoms with Crippen LogP contribution in [-0.4, -0.2) is 80.9 Å². The summed E-state index contributed by atoms with van der Waals surface area (Å²) in [5, 5.41) is 14.9. The number of aromatic amines is 1. The lowest BCUT2D eigenvalue weighted by Gasteiger charge is -2.30. The summed E-state index contributed by atoms with van der Waals surface area (Å²) in [5.41, 5.74) is 12.1. The number of rotatable bonds is 14. The number of amides is 3. The first-order valence-electron chi connectivity index (χ1n) is 12.3. The Morgan fingerprint density at radius 3 is 2.63 bits per heavy atom. The molecule has 1 aromatic heterocycles. The fraction of sp³-hybridized carbons (Fsp3) is 0.696. The topological polar surface area (TPSA) is 197 Å². The van der Waals surface area contributed by atoms with E-state index in [1.54, 1.807) is 6.92 Å². The predicted octanol–water partition coefficient (Wildman–Crippen LogP) is -0.500. The molecule has 12 nitrogen and oxygen atoms in total. The molecule has 0 spiro atoms. The van der Waals surface area contributed by atoms with E-state index in [0.29, 0.717) is 44.5 Å². The van der Waals surface area contributed by atoms with Gasteiger partial charge in [0, 0.05) is 24.9 Å². The van der Waals surface area contributed by atoms with Crippen molar-refractivity contribution in [1.29, 1.82) is 0 Å². The Balaban J connectivity index is 2.07. The molecule has 1 fully saturated rings. The fourth-order valence-corrected chi connectivity index (χ4v) is 4.18. The SMILES string of the molecule is CCC(C)C(NC(=O)C1CCCN1C(=O)C(N)CCCCN)C(=O)NC(Cc1cnc[nH]1)C(=O)O. The van der Waals surface area contributed by atoms with Crippen molar-refractivity contribution >= 4 is 23.7 Å². The summed E-state index contributed by atoms with van der Waals surface area (Å²) in [6.07, 6.45) is 6.64. The lowest BCUT2D eigenvalue weighted by atomic mass is 9.97. The van der Waals surface area contributed by atoms with Crippen LogP contribution in [0.3, 0.4) is 0 Å². The molecular formula is C23H39N7O5. The number of carboxylic acids is 1. The van der Waals surface area contributed by atoms with Crippen molar-refractivity contribution in [2.24, 2.45) is 17.4 Å². The first-order chi connectivity index (χ1) is 16.7. The van der Waals surface area contributed by atoms with Gasteiger partial charge in [-0.05, 0) is 38.1 Å². The zero-order valence-corrected chi connectivity index (χ0v) is 20.5. The van der Waals surface area contributed by atoms with Crippen LogP contribution in [0.15, 0.2) is 12.5 Å². The van der Waals surface area contributed by atoms with Gasteiger partial charge < -0.3 is 37.1 Å². The van der Waals surface area contributed by atoms with Gasteiger partial charge in [-0.1, -0.05) is 26.7 Å². The van der Waals surface area contributed by atoms with Gasteiger partial charge in [0.1, 0.15) is 18.1 Å². The van der Waals surface area contributed by atoms with Crippen LogP contribution in [0.5, 0.6) is 0 Å². The molecule has 1 aromatic rings. The second-order valence-corrected chi connectivity index (χ2v) is 9.13. The van der Waals surface area contributed by atoms with Crippen molar-refractivity contribution in [3.05, 3.63) is 18.2 Å². The number of unbranched alkanes of at least 4 members (excludes halogenated alkanes) is 1. The Morgan fingerprint density at radius 2 is 2.03 bits per heavy atom. The van der Waals surface area contributed by atoms with Crippen LogP contribution >= 0.6 is 0 Å². The van der Waals surface area contributed by atoms with Gasteiger partial charge in [0.25, 0.3) is 0 Å². The second kappa shape index (κ2) is 13.8. The maximum absolute atomic E-state index is 13.2. The fourth-order valence-electron chi connectivity index (χ4n) is 4.18. The number of nitrogens with two attached hydrogens (primary N) is 2. The molecule has 196 valence electrons. The third-order valence-electron chi connectivity index (χ3n) is 6.51. The molecule has 5 atom stereocenters. The van der Waals surface area contributed by atoms with Crippen molar-refractivity contribution in [3.8, 4) is 0 Å². The first kappa shape index (κ1) is 28.2. The van der Waals surface area contributed by atoms with E-state index in [0.717, 1.165) is 12.8 Å². The summed E-state index contributed by atoms with van der Waals surface area (Å²) in [6.45, 7) is 4.63. The van der Waals surface area contributed by atoms with Gasteiger partial charge in [0.05, 0.1) is 12.4 Å². The Kier molecular flexibility index (Phi) is 11.1. The molecule has 0 bridgehead atoms. The molecular weight excluding hydrogens is 454 g/mol. The van der Waals surface area contributed by atoms with Crippen molar-refractivity contribution in [3.63, 3.8) is 0 Å². The maximum Gasteiger partial charge on any atom is 0.326 e. The lowest BCUT2D eigenvalue weighted by Crippen LogP contribution is -2.58. The van der Waals surface area contributed by atoms with Gasteiger partial charge >= 0.3 is 5.97 Å². The summed E-state index contributed by atoms with van der Waals surface area (Å²) < 4.78 is 0. The van der Waals surface area contributed by atoms with E-state index in [-0.39, 0.29) is 18.2 Å². The number of carbonyl (C=O) groups is 4. The Morgan fingerprint density at radius 1 is 1.29 bits per heavy atom. The van der Waals surface area contributed by atoms with E-state index in [2.05, 4.69) is 20.6 Å². The number of nitrogens with zero attached hydrogens (tertiary/aromatic N) is 2. The van der Waals surface area contributed by atoms with Gasteiger partial charge in [0.2, 0.25) is 17.7 Å². The number of aromatic nitrogens is 2. The Bertz CT molecular complexity index is 847. The standard InChI is InChI=1S/C23H39N7O5/c1-3-14(2)19(21(32)28-17(23(34)35)11-15-12-26-13-27-15)29-20(31)18-8-6-10-30(18)22(33)16(25)7-4-5-9-24/h12-14,16-19H,3-11,24-25H2,1-2H3,(H,26,27)(H,28,32)(H,29,31)(H,34,35). The monoisotopic (exact) mass is 493 g/mol. The Labute approximate surface area is 205 Å². The van der Waals surface area contributed by atoms with Crippen LogP contribution in [-0.2, 0) is 25.6 Å². The average Bonchev–Trinajstić information content (AvgIpc) is 3.53. The number of likely N-dealkylation sites (tertiary alicyclic amines) is 1. The van der Waals surface area contributed by atoms with E-state index in [1.807, 2.05) is 6.92 Å².